The Balaban J connectivity index is 1.43. The highest BCUT2D eigenvalue weighted by Gasteiger charge is 2.35. The molecule has 1 N–H and O–H groups in total. The molecule has 2 fully saturated rings. The van der Waals surface area contributed by atoms with Gasteiger partial charge >= 0.3 is 0 Å². The third-order valence-corrected chi connectivity index (χ3v) is 5.19. The van der Waals surface area contributed by atoms with Crippen LogP contribution in [0, 0.1) is 0 Å². The average Bonchev–Trinajstić information content (AvgIpc) is 3.07. The summed E-state index contributed by atoms with van der Waals surface area (Å²) in [6, 6.07) is 6.97. The van der Waals surface area contributed by atoms with Crippen molar-refractivity contribution < 1.29 is 14.6 Å². The summed E-state index contributed by atoms with van der Waals surface area (Å²) in [5, 5.41) is 11.4. The number of nitrogens with zero attached hydrogens (tertiary/aromatic N) is 2. The number of hydrogen-bond acceptors (Lipinski definition) is 4. The molecule has 2 aliphatic rings. The molecule has 2 heterocycles. The number of halogens is 1. The van der Waals surface area contributed by atoms with Gasteiger partial charge in [0.2, 0.25) is 0 Å². The number of aliphatic hydroxyl groups is 1. The Morgan fingerprint density at radius 2 is 1.75 bits per heavy atom. The number of likely N-dealkylation sites (tertiary alicyclic amines) is 2. The first-order valence-electron chi connectivity index (χ1n) is 8.65. The van der Waals surface area contributed by atoms with Crippen LogP contribution in [0.3, 0.4) is 0 Å². The molecule has 132 valence electrons. The van der Waals surface area contributed by atoms with E-state index in [4.69, 9.17) is 16.3 Å². The third kappa shape index (κ3) is 4.62. The van der Waals surface area contributed by atoms with E-state index in [1.165, 1.54) is 12.8 Å². The van der Waals surface area contributed by atoms with Gasteiger partial charge in [0, 0.05) is 24.7 Å². The van der Waals surface area contributed by atoms with Crippen LogP contribution in [-0.4, -0.2) is 65.7 Å². The maximum absolute atomic E-state index is 12.3. The number of hydrogen-bond donors (Lipinski definition) is 1. The zero-order valence-corrected chi connectivity index (χ0v) is 14.7. The van der Waals surface area contributed by atoms with Crippen molar-refractivity contribution in [2.45, 2.75) is 31.3 Å². The van der Waals surface area contributed by atoms with Gasteiger partial charge in [-0.15, -0.1) is 0 Å². The molecule has 1 aromatic carbocycles. The second-order valence-electron chi connectivity index (χ2n) is 6.83. The second kappa shape index (κ2) is 7.72. The highest BCUT2D eigenvalue weighted by Crippen LogP contribution is 2.25. The standard InChI is InChI=1S/C18H25ClN2O3/c19-15-3-5-16(6-4-15)24-13-17(22)21-11-7-18(23,8-12-21)14-20-9-1-2-10-20/h3-6,23H,1-2,7-14H2. The van der Waals surface area contributed by atoms with Crippen molar-refractivity contribution in [3.05, 3.63) is 29.3 Å². The Labute approximate surface area is 148 Å². The first-order valence-corrected chi connectivity index (χ1v) is 9.03. The Bertz CT molecular complexity index is 550. The first kappa shape index (κ1) is 17.5. The summed E-state index contributed by atoms with van der Waals surface area (Å²) in [6.07, 6.45) is 3.72. The number of benzene rings is 1. The molecule has 1 amide bonds. The predicted molar refractivity (Wildman–Crippen MR) is 93.4 cm³/mol. The molecule has 6 heteroatoms. The van der Waals surface area contributed by atoms with Crippen LogP contribution in [0.2, 0.25) is 5.02 Å². The van der Waals surface area contributed by atoms with E-state index in [2.05, 4.69) is 4.90 Å². The topological polar surface area (TPSA) is 53.0 Å². The van der Waals surface area contributed by atoms with Crippen LogP contribution in [0.4, 0.5) is 0 Å². The van der Waals surface area contributed by atoms with E-state index in [-0.39, 0.29) is 12.5 Å². The quantitative estimate of drug-likeness (QED) is 0.882. The lowest BCUT2D eigenvalue weighted by atomic mass is 9.91. The molecule has 0 aliphatic carbocycles. The summed E-state index contributed by atoms with van der Waals surface area (Å²) in [6.45, 7) is 4.10. The number of carbonyl (C=O) groups excluding carboxylic acids is 1. The summed E-state index contributed by atoms with van der Waals surface area (Å²) >= 11 is 5.83. The van der Waals surface area contributed by atoms with Gasteiger partial charge in [-0.3, -0.25) is 4.79 Å². The lowest BCUT2D eigenvalue weighted by Crippen LogP contribution is -2.52. The minimum atomic E-state index is -0.655. The van der Waals surface area contributed by atoms with Gasteiger partial charge in [0.1, 0.15) is 5.75 Å². The fourth-order valence-corrected chi connectivity index (χ4v) is 3.58. The Kier molecular flexibility index (Phi) is 5.64. The van der Waals surface area contributed by atoms with Crippen LogP contribution in [0.15, 0.2) is 24.3 Å². The number of β-amino-alcohol motifs (C(OH)–C–C–N with tert-alkyl or cyclic N) is 1. The summed E-state index contributed by atoms with van der Waals surface area (Å²) in [5.41, 5.74) is -0.655. The van der Waals surface area contributed by atoms with Crippen molar-refractivity contribution >= 4 is 17.5 Å². The molecule has 0 spiro atoms. The Hall–Kier alpha value is -1.30. The molecule has 2 saturated heterocycles. The lowest BCUT2D eigenvalue weighted by molar-refractivity contribution is -0.138. The summed E-state index contributed by atoms with van der Waals surface area (Å²) in [7, 11) is 0. The van der Waals surface area contributed by atoms with Gasteiger partial charge in [-0.1, -0.05) is 11.6 Å². The smallest absolute Gasteiger partial charge is 0.260 e. The molecule has 0 saturated carbocycles. The summed E-state index contributed by atoms with van der Waals surface area (Å²) < 4.78 is 5.52. The largest absolute Gasteiger partial charge is 0.484 e. The Morgan fingerprint density at radius 3 is 2.38 bits per heavy atom. The molecule has 0 atom stereocenters. The number of carbonyl (C=O) groups is 1. The number of ether oxygens (including phenoxy) is 1. The van der Waals surface area contributed by atoms with E-state index in [1.807, 2.05) is 0 Å². The van der Waals surface area contributed by atoms with Crippen molar-refractivity contribution in [1.82, 2.24) is 9.80 Å². The minimum absolute atomic E-state index is 0.0200. The normalized spacial score (nSPS) is 21.0. The molecule has 0 radical (unpaired) electrons. The SMILES string of the molecule is O=C(COc1ccc(Cl)cc1)N1CCC(O)(CN2CCCC2)CC1. The van der Waals surface area contributed by atoms with Crippen LogP contribution < -0.4 is 4.74 Å². The monoisotopic (exact) mass is 352 g/mol. The average molecular weight is 353 g/mol. The highest BCUT2D eigenvalue weighted by molar-refractivity contribution is 6.30. The lowest BCUT2D eigenvalue weighted by Gasteiger charge is -2.40. The van der Waals surface area contributed by atoms with E-state index < -0.39 is 5.60 Å². The molecule has 0 aromatic heterocycles. The molecular formula is C18H25ClN2O3. The van der Waals surface area contributed by atoms with E-state index in [0.717, 1.165) is 19.6 Å². The second-order valence-corrected chi connectivity index (χ2v) is 7.27. The predicted octanol–water partition coefficient (Wildman–Crippen LogP) is 2.17. The molecule has 5 nitrogen and oxygen atoms in total. The highest BCUT2D eigenvalue weighted by atomic mass is 35.5. The van der Waals surface area contributed by atoms with E-state index in [1.54, 1.807) is 29.2 Å². The number of rotatable bonds is 5. The van der Waals surface area contributed by atoms with E-state index >= 15 is 0 Å². The fourth-order valence-electron chi connectivity index (χ4n) is 3.45. The van der Waals surface area contributed by atoms with Gasteiger partial charge in [-0.25, -0.2) is 0 Å². The molecule has 3 rings (SSSR count). The zero-order valence-electron chi connectivity index (χ0n) is 13.9. The van der Waals surface area contributed by atoms with Crippen molar-refractivity contribution in [3.63, 3.8) is 0 Å². The van der Waals surface area contributed by atoms with Gasteiger partial charge < -0.3 is 19.6 Å². The number of piperidine rings is 1. The van der Waals surface area contributed by atoms with Crippen LogP contribution >= 0.6 is 11.6 Å². The maximum atomic E-state index is 12.3. The van der Waals surface area contributed by atoms with Gasteiger partial charge in [-0.05, 0) is 63.0 Å². The van der Waals surface area contributed by atoms with Gasteiger partial charge in [0.05, 0.1) is 5.60 Å². The van der Waals surface area contributed by atoms with Crippen molar-refractivity contribution in [1.29, 1.82) is 0 Å². The molecule has 0 bridgehead atoms. The maximum Gasteiger partial charge on any atom is 0.260 e. The van der Waals surface area contributed by atoms with Crippen LogP contribution in [0.1, 0.15) is 25.7 Å². The molecular weight excluding hydrogens is 328 g/mol. The molecule has 2 aliphatic heterocycles. The third-order valence-electron chi connectivity index (χ3n) is 4.94. The fraction of sp³-hybridized carbons (Fsp3) is 0.611. The first-order chi connectivity index (χ1) is 11.5. The van der Waals surface area contributed by atoms with Crippen LogP contribution in [0.5, 0.6) is 5.75 Å². The molecule has 0 unspecified atom stereocenters. The van der Waals surface area contributed by atoms with E-state index in [9.17, 15) is 9.90 Å². The summed E-state index contributed by atoms with van der Waals surface area (Å²) in [5.74, 6) is 0.600. The molecule has 1 aromatic rings. The van der Waals surface area contributed by atoms with Crippen molar-refractivity contribution in [2.75, 3.05) is 39.3 Å². The summed E-state index contributed by atoms with van der Waals surface area (Å²) in [4.78, 5) is 16.4. The van der Waals surface area contributed by atoms with Gasteiger partial charge in [-0.2, -0.15) is 0 Å². The van der Waals surface area contributed by atoms with Crippen LogP contribution in [-0.2, 0) is 4.79 Å². The van der Waals surface area contributed by atoms with Crippen molar-refractivity contribution in [3.8, 4) is 5.75 Å². The van der Waals surface area contributed by atoms with Gasteiger partial charge in [0.15, 0.2) is 6.61 Å². The van der Waals surface area contributed by atoms with E-state index in [0.29, 0.717) is 36.7 Å². The molecule has 24 heavy (non-hydrogen) atoms. The Morgan fingerprint density at radius 1 is 1.12 bits per heavy atom. The van der Waals surface area contributed by atoms with Gasteiger partial charge in [0.25, 0.3) is 5.91 Å². The van der Waals surface area contributed by atoms with Crippen LogP contribution in [0.25, 0.3) is 0 Å². The zero-order chi connectivity index (χ0) is 17.0. The minimum Gasteiger partial charge on any atom is -0.484 e. The number of amides is 1. The van der Waals surface area contributed by atoms with Crippen molar-refractivity contribution in [2.24, 2.45) is 0 Å².